The molecule has 1 fully saturated rings. The standard InChI is InChI=1S/C23H32N3/c1-18(2)21-10-3-4-12-23(21)26-15-14-24-17-19-8-7-9-20(16-19)22-11-5-6-13-25-22/h3-4,7-10,12,16,18,22,24,26H,5-6,11,13-15,17H2,1-2H3. The second-order valence-corrected chi connectivity index (χ2v) is 7.51. The summed E-state index contributed by atoms with van der Waals surface area (Å²) in [6.07, 6.45) is 3.76. The van der Waals surface area contributed by atoms with Crippen LogP contribution in [0.5, 0.6) is 0 Å². The second-order valence-electron chi connectivity index (χ2n) is 7.51. The van der Waals surface area contributed by atoms with E-state index in [9.17, 15) is 0 Å². The van der Waals surface area contributed by atoms with Crippen LogP contribution in [-0.4, -0.2) is 19.6 Å². The SMILES string of the molecule is CC(C)c1ccccc1NCCNCc1cccc(C2CCCC[N]2)c1. The van der Waals surface area contributed by atoms with Crippen molar-refractivity contribution in [1.29, 1.82) is 0 Å². The number of piperidine rings is 1. The molecule has 2 N–H and O–H groups in total. The van der Waals surface area contributed by atoms with Crippen LogP contribution in [0, 0.1) is 0 Å². The van der Waals surface area contributed by atoms with Crippen LogP contribution in [0.15, 0.2) is 48.5 Å². The molecule has 0 aromatic heterocycles. The van der Waals surface area contributed by atoms with Gasteiger partial charge in [-0.15, -0.1) is 0 Å². The summed E-state index contributed by atoms with van der Waals surface area (Å²) in [4.78, 5) is 0. The molecule has 0 spiro atoms. The molecule has 1 heterocycles. The van der Waals surface area contributed by atoms with Crippen molar-refractivity contribution in [2.24, 2.45) is 0 Å². The van der Waals surface area contributed by atoms with Gasteiger partial charge in [0.05, 0.1) is 0 Å². The molecule has 139 valence electrons. The molecule has 0 saturated carbocycles. The number of rotatable bonds is 8. The van der Waals surface area contributed by atoms with E-state index >= 15 is 0 Å². The predicted molar refractivity (Wildman–Crippen MR) is 111 cm³/mol. The van der Waals surface area contributed by atoms with E-state index in [1.54, 1.807) is 0 Å². The molecular formula is C23H32N3. The molecule has 26 heavy (non-hydrogen) atoms. The maximum atomic E-state index is 4.78. The molecule has 2 aromatic rings. The summed E-state index contributed by atoms with van der Waals surface area (Å²) in [7, 11) is 0. The van der Waals surface area contributed by atoms with Crippen LogP contribution < -0.4 is 16.0 Å². The Hall–Kier alpha value is -1.84. The number of nitrogens with zero attached hydrogens (tertiary/aromatic N) is 1. The Morgan fingerprint density at radius 3 is 2.73 bits per heavy atom. The molecule has 3 heteroatoms. The van der Waals surface area contributed by atoms with Crippen LogP contribution in [0.3, 0.4) is 0 Å². The van der Waals surface area contributed by atoms with Gasteiger partial charge in [-0.3, -0.25) is 0 Å². The van der Waals surface area contributed by atoms with Gasteiger partial charge in [0.2, 0.25) is 0 Å². The number of hydrogen-bond donors (Lipinski definition) is 2. The second kappa shape index (κ2) is 9.75. The van der Waals surface area contributed by atoms with Gasteiger partial charge in [0, 0.05) is 37.9 Å². The fourth-order valence-electron chi connectivity index (χ4n) is 3.65. The van der Waals surface area contributed by atoms with Crippen molar-refractivity contribution in [3.05, 3.63) is 65.2 Å². The fourth-order valence-corrected chi connectivity index (χ4v) is 3.65. The lowest BCUT2D eigenvalue weighted by molar-refractivity contribution is 0.403. The Kier molecular flexibility index (Phi) is 7.10. The zero-order chi connectivity index (χ0) is 18.2. The number of hydrogen-bond acceptors (Lipinski definition) is 2. The zero-order valence-electron chi connectivity index (χ0n) is 16.2. The van der Waals surface area contributed by atoms with Crippen molar-refractivity contribution in [3.8, 4) is 0 Å². The van der Waals surface area contributed by atoms with E-state index in [1.165, 1.54) is 41.6 Å². The minimum absolute atomic E-state index is 0.415. The zero-order valence-corrected chi connectivity index (χ0v) is 16.2. The molecule has 3 rings (SSSR count). The molecular weight excluding hydrogens is 318 g/mol. The molecule has 2 aromatic carbocycles. The third-order valence-electron chi connectivity index (χ3n) is 5.10. The van der Waals surface area contributed by atoms with E-state index in [4.69, 9.17) is 5.32 Å². The molecule has 1 unspecified atom stereocenters. The van der Waals surface area contributed by atoms with Gasteiger partial charge in [-0.1, -0.05) is 62.7 Å². The number of benzene rings is 2. The average Bonchev–Trinajstić information content (AvgIpc) is 2.69. The number of para-hydroxylation sites is 1. The molecule has 1 saturated heterocycles. The van der Waals surface area contributed by atoms with Gasteiger partial charge in [-0.2, -0.15) is 0 Å². The average molecular weight is 351 g/mol. The van der Waals surface area contributed by atoms with Crippen molar-refractivity contribution in [2.45, 2.75) is 51.6 Å². The molecule has 0 amide bonds. The van der Waals surface area contributed by atoms with Crippen molar-refractivity contribution in [2.75, 3.05) is 25.0 Å². The van der Waals surface area contributed by atoms with Crippen molar-refractivity contribution >= 4 is 5.69 Å². The van der Waals surface area contributed by atoms with Gasteiger partial charge in [0.25, 0.3) is 0 Å². The summed E-state index contributed by atoms with van der Waals surface area (Å²) in [5, 5.41) is 11.9. The Morgan fingerprint density at radius 2 is 1.92 bits per heavy atom. The number of nitrogens with one attached hydrogen (secondary N) is 2. The van der Waals surface area contributed by atoms with Gasteiger partial charge in [0.1, 0.15) is 0 Å². The summed E-state index contributed by atoms with van der Waals surface area (Å²) in [5.74, 6) is 0.541. The Labute approximate surface area is 158 Å². The lowest BCUT2D eigenvalue weighted by Gasteiger charge is -2.22. The van der Waals surface area contributed by atoms with Crippen LogP contribution in [-0.2, 0) is 6.54 Å². The first-order chi connectivity index (χ1) is 12.7. The molecule has 1 aliphatic heterocycles. The summed E-state index contributed by atoms with van der Waals surface area (Å²) >= 11 is 0. The summed E-state index contributed by atoms with van der Waals surface area (Å²) in [6, 6.07) is 18.0. The fraction of sp³-hybridized carbons (Fsp3) is 0.478. The molecule has 1 aliphatic rings. The van der Waals surface area contributed by atoms with Gasteiger partial charge in [-0.25, -0.2) is 5.32 Å². The van der Waals surface area contributed by atoms with E-state index in [0.717, 1.165) is 26.2 Å². The number of anilines is 1. The highest BCUT2D eigenvalue weighted by Crippen LogP contribution is 2.25. The maximum absolute atomic E-state index is 4.78. The van der Waals surface area contributed by atoms with Gasteiger partial charge < -0.3 is 10.6 Å². The van der Waals surface area contributed by atoms with Gasteiger partial charge in [0.15, 0.2) is 0 Å². The lowest BCUT2D eigenvalue weighted by atomic mass is 9.96. The Balaban J connectivity index is 1.44. The predicted octanol–water partition coefficient (Wildman–Crippen LogP) is 4.84. The Morgan fingerprint density at radius 1 is 1.04 bits per heavy atom. The molecule has 3 nitrogen and oxygen atoms in total. The largest absolute Gasteiger partial charge is 0.384 e. The normalized spacial score (nSPS) is 17.4. The van der Waals surface area contributed by atoms with E-state index in [1.807, 2.05) is 0 Å². The van der Waals surface area contributed by atoms with E-state index in [2.05, 4.69) is 73.0 Å². The van der Waals surface area contributed by atoms with E-state index < -0.39 is 0 Å². The monoisotopic (exact) mass is 350 g/mol. The maximum Gasteiger partial charge on any atom is 0.0495 e. The quantitative estimate of drug-likeness (QED) is 0.669. The van der Waals surface area contributed by atoms with Gasteiger partial charge in [-0.05, 0) is 41.5 Å². The lowest BCUT2D eigenvalue weighted by Crippen LogP contribution is -2.23. The first-order valence-corrected chi connectivity index (χ1v) is 10.0. The highest BCUT2D eigenvalue weighted by atomic mass is 14.9. The smallest absolute Gasteiger partial charge is 0.0495 e. The highest BCUT2D eigenvalue weighted by molar-refractivity contribution is 5.52. The van der Waals surface area contributed by atoms with Gasteiger partial charge >= 0.3 is 0 Å². The van der Waals surface area contributed by atoms with Crippen molar-refractivity contribution in [1.82, 2.24) is 10.6 Å². The summed E-state index contributed by atoms with van der Waals surface area (Å²) < 4.78 is 0. The van der Waals surface area contributed by atoms with Crippen LogP contribution in [0.25, 0.3) is 0 Å². The third kappa shape index (κ3) is 5.33. The van der Waals surface area contributed by atoms with Crippen molar-refractivity contribution < 1.29 is 0 Å². The topological polar surface area (TPSA) is 38.2 Å². The van der Waals surface area contributed by atoms with E-state index in [-0.39, 0.29) is 0 Å². The molecule has 1 radical (unpaired) electrons. The molecule has 0 bridgehead atoms. The first kappa shape index (κ1) is 18.9. The highest BCUT2D eigenvalue weighted by Gasteiger charge is 2.15. The third-order valence-corrected chi connectivity index (χ3v) is 5.10. The van der Waals surface area contributed by atoms with Crippen LogP contribution in [0.2, 0.25) is 0 Å². The first-order valence-electron chi connectivity index (χ1n) is 10.0. The minimum Gasteiger partial charge on any atom is -0.384 e. The van der Waals surface area contributed by atoms with Crippen LogP contribution in [0.4, 0.5) is 5.69 Å². The summed E-state index contributed by atoms with van der Waals surface area (Å²) in [6.45, 7) is 8.30. The molecule has 0 aliphatic carbocycles. The van der Waals surface area contributed by atoms with Crippen LogP contribution in [0.1, 0.15) is 61.8 Å². The summed E-state index contributed by atoms with van der Waals surface area (Å²) in [5.41, 5.74) is 5.38. The Bertz CT molecular complexity index is 675. The van der Waals surface area contributed by atoms with Crippen molar-refractivity contribution in [3.63, 3.8) is 0 Å². The minimum atomic E-state index is 0.415. The van der Waals surface area contributed by atoms with Crippen LogP contribution >= 0.6 is 0 Å². The molecule has 1 atom stereocenters. The van der Waals surface area contributed by atoms with E-state index in [0.29, 0.717) is 12.0 Å².